The van der Waals surface area contributed by atoms with E-state index >= 15 is 0 Å². The van der Waals surface area contributed by atoms with Gasteiger partial charge in [0.25, 0.3) is 5.91 Å². The molecule has 1 aromatic rings. The first-order valence-corrected chi connectivity index (χ1v) is 9.81. The highest BCUT2D eigenvalue weighted by Gasteiger charge is 2.55. The number of benzene rings is 1. The van der Waals surface area contributed by atoms with E-state index in [2.05, 4.69) is 5.32 Å². The first-order valence-electron chi connectivity index (χ1n) is 9.81. The standard InChI is InChI=1S/C21H26N2O2/c1-2-23-17-6-4-3-5-16(17)18(19(23)24)22-20(25)21-10-13-7-14(11-21)9-15(8-13)12-21/h3-6,13-15,18H,2,7-12H2,1H3,(H,22,25)/t13?,14?,15?,18-,21?/m1/s1. The molecule has 4 bridgehead atoms. The van der Waals surface area contributed by atoms with Crippen LogP contribution < -0.4 is 10.2 Å². The molecule has 132 valence electrons. The van der Waals surface area contributed by atoms with Crippen LogP contribution in [0.25, 0.3) is 0 Å². The van der Waals surface area contributed by atoms with Gasteiger partial charge in [-0.3, -0.25) is 9.59 Å². The maximum atomic E-state index is 13.3. The highest BCUT2D eigenvalue weighted by atomic mass is 16.2. The summed E-state index contributed by atoms with van der Waals surface area (Å²) in [6, 6.07) is 7.37. The number of carbonyl (C=O) groups excluding carboxylic acids is 2. The molecule has 1 N–H and O–H groups in total. The average molecular weight is 338 g/mol. The lowest BCUT2D eigenvalue weighted by Gasteiger charge is -2.55. The molecule has 0 saturated heterocycles. The van der Waals surface area contributed by atoms with Crippen molar-refractivity contribution in [2.75, 3.05) is 11.4 Å². The topological polar surface area (TPSA) is 49.4 Å². The fraction of sp³-hybridized carbons (Fsp3) is 0.619. The SMILES string of the molecule is CCN1C(=O)[C@H](NC(=O)C23CC4CC(CC(C4)C2)C3)c2ccccc21. The highest BCUT2D eigenvalue weighted by Crippen LogP contribution is 2.60. The van der Waals surface area contributed by atoms with E-state index in [0.29, 0.717) is 6.54 Å². The zero-order valence-electron chi connectivity index (χ0n) is 14.8. The lowest BCUT2D eigenvalue weighted by atomic mass is 9.49. The van der Waals surface area contributed by atoms with Gasteiger partial charge in [-0.2, -0.15) is 0 Å². The number of anilines is 1. The second kappa shape index (κ2) is 5.33. The first kappa shape index (κ1) is 15.4. The van der Waals surface area contributed by atoms with Crippen molar-refractivity contribution >= 4 is 17.5 Å². The molecule has 25 heavy (non-hydrogen) atoms. The van der Waals surface area contributed by atoms with Crippen molar-refractivity contribution in [3.63, 3.8) is 0 Å². The molecule has 4 aliphatic carbocycles. The van der Waals surface area contributed by atoms with E-state index in [1.54, 1.807) is 4.90 Å². The number of likely N-dealkylation sites (N-methyl/N-ethyl adjacent to an activating group) is 1. The van der Waals surface area contributed by atoms with Crippen LogP contribution in [0.3, 0.4) is 0 Å². The fourth-order valence-corrected chi connectivity index (χ4v) is 6.52. The molecule has 1 heterocycles. The smallest absolute Gasteiger partial charge is 0.254 e. The number of nitrogens with zero attached hydrogens (tertiary/aromatic N) is 1. The number of hydrogen-bond donors (Lipinski definition) is 1. The third kappa shape index (κ3) is 2.19. The first-order chi connectivity index (χ1) is 12.1. The van der Waals surface area contributed by atoms with Crippen LogP contribution in [0.1, 0.15) is 57.1 Å². The van der Waals surface area contributed by atoms with Gasteiger partial charge >= 0.3 is 0 Å². The lowest BCUT2D eigenvalue weighted by Crippen LogP contribution is -2.54. The van der Waals surface area contributed by atoms with Crippen LogP contribution >= 0.6 is 0 Å². The summed E-state index contributed by atoms with van der Waals surface area (Å²) in [5.74, 6) is 2.35. The van der Waals surface area contributed by atoms with E-state index in [0.717, 1.165) is 48.3 Å². The molecule has 0 aromatic heterocycles. The molecule has 4 saturated carbocycles. The quantitative estimate of drug-likeness (QED) is 0.918. The third-order valence-corrected chi connectivity index (χ3v) is 7.16. The van der Waals surface area contributed by atoms with E-state index in [1.807, 2.05) is 31.2 Å². The van der Waals surface area contributed by atoms with Crippen LogP contribution in [0.2, 0.25) is 0 Å². The van der Waals surface area contributed by atoms with Crippen molar-refractivity contribution in [2.45, 2.75) is 51.5 Å². The number of hydrogen-bond acceptors (Lipinski definition) is 2. The van der Waals surface area contributed by atoms with E-state index in [-0.39, 0.29) is 17.2 Å². The molecule has 0 unspecified atom stereocenters. The summed E-state index contributed by atoms with van der Waals surface area (Å²) in [5.41, 5.74) is 1.70. The maximum Gasteiger partial charge on any atom is 0.254 e. The Labute approximate surface area is 149 Å². The molecule has 1 aliphatic heterocycles. The largest absolute Gasteiger partial charge is 0.340 e. The Morgan fingerprint density at radius 2 is 1.72 bits per heavy atom. The molecule has 4 nitrogen and oxygen atoms in total. The molecule has 4 fully saturated rings. The van der Waals surface area contributed by atoms with Crippen molar-refractivity contribution in [1.29, 1.82) is 0 Å². The Kier molecular flexibility index (Phi) is 3.28. The predicted octanol–water partition coefficient (Wildman–Crippen LogP) is 3.43. The molecule has 0 spiro atoms. The Morgan fingerprint density at radius 3 is 2.32 bits per heavy atom. The van der Waals surface area contributed by atoms with Gasteiger partial charge in [0.2, 0.25) is 5.91 Å². The molecular formula is C21H26N2O2. The Morgan fingerprint density at radius 1 is 1.12 bits per heavy atom. The molecule has 1 aromatic carbocycles. The number of fused-ring (bicyclic) bond motifs is 1. The molecule has 5 aliphatic rings. The molecular weight excluding hydrogens is 312 g/mol. The minimum Gasteiger partial charge on any atom is -0.340 e. The molecule has 1 atom stereocenters. The summed E-state index contributed by atoms with van der Waals surface area (Å²) in [4.78, 5) is 28.0. The Hall–Kier alpha value is -1.84. The average Bonchev–Trinajstić information content (AvgIpc) is 2.85. The van der Waals surface area contributed by atoms with Crippen LogP contribution in [-0.4, -0.2) is 18.4 Å². The van der Waals surface area contributed by atoms with Gasteiger partial charge in [0.1, 0.15) is 6.04 Å². The van der Waals surface area contributed by atoms with Crippen molar-refractivity contribution < 1.29 is 9.59 Å². The van der Waals surface area contributed by atoms with Crippen LogP contribution in [-0.2, 0) is 9.59 Å². The molecule has 0 radical (unpaired) electrons. The normalized spacial score (nSPS) is 38.1. The van der Waals surface area contributed by atoms with E-state index in [4.69, 9.17) is 0 Å². The number of para-hydroxylation sites is 1. The van der Waals surface area contributed by atoms with Crippen LogP contribution in [0.4, 0.5) is 5.69 Å². The number of rotatable bonds is 3. The lowest BCUT2D eigenvalue weighted by molar-refractivity contribution is -0.148. The van der Waals surface area contributed by atoms with Crippen LogP contribution in [0, 0.1) is 23.2 Å². The van der Waals surface area contributed by atoms with Gasteiger partial charge in [-0.05, 0) is 69.3 Å². The van der Waals surface area contributed by atoms with E-state index in [1.165, 1.54) is 19.3 Å². The predicted molar refractivity (Wildman–Crippen MR) is 96.0 cm³/mol. The number of carbonyl (C=O) groups is 2. The van der Waals surface area contributed by atoms with Gasteiger partial charge in [0.05, 0.1) is 0 Å². The van der Waals surface area contributed by atoms with Gasteiger partial charge in [-0.15, -0.1) is 0 Å². The van der Waals surface area contributed by atoms with Crippen LogP contribution in [0.15, 0.2) is 24.3 Å². The Balaban J connectivity index is 1.42. The number of nitrogens with one attached hydrogen (secondary N) is 1. The summed E-state index contributed by atoms with van der Waals surface area (Å²) in [5, 5.41) is 3.18. The summed E-state index contributed by atoms with van der Waals surface area (Å²) in [6.45, 7) is 2.62. The van der Waals surface area contributed by atoms with Crippen LogP contribution in [0.5, 0.6) is 0 Å². The van der Waals surface area contributed by atoms with Gasteiger partial charge in [-0.1, -0.05) is 18.2 Å². The second-order valence-corrected chi connectivity index (χ2v) is 8.75. The minimum absolute atomic E-state index is 0.0155. The zero-order chi connectivity index (χ0) is 17.2. The van der Waals surface area contributed by atoms with Gasteiger partial charge in [0, 0.05) is 23.2 Å². The maximum absolute atomic E-state index is 13.3. The van der Waals surface area contributed by atoms with Crippen molar-refractivity contribution in [2.24, 2.45) is 23.2 Å². The molecule has 4 heteroatoms. The summed E-state index contributed by atoms with van der Waals surface area (Å²) in [7, 11) is 0. The fourth-order valence-electron chi connectivity index (χ4n) is 6.52. The van der Waals surface area contributed by atoms with Crippen molar-refractivity contribution in [3.05, 3.63) is 29.8 Å². The second-order valence-electron chi connectivity index (χ2n) is 8.75. The van der Waals surface area contributed by atoms with Gasteiger partial charge in [0.15, 0.2) is 0 Å². The summed E-state index contributed by atoms with van der Waals surface area (Å²) in [6.07, 6.45) is 7.06. The zero-order valence-corrected chi connectivity index (χ0v) is 14.8. The van der Waals surface area contributed by atoms with Crippen molar-refractivity contribution in [1.82, 2.24) is 5.32 Å². The molecule has 6 rings (SSSR count). The summed E-state index contributed by atoms with van der Waals surface area (Å²) < 4.78 is 0. The number of amides is 2. The summed E-state index contributed by atoms with van der Waals surface area (Å²) >= 11 is 0. The van der Waals surface area contributed by atoms with E-state index < -0.39 is 6.04 Å². The van der Waals surface area contributed by atoms with E-state index in [9.17, 15) is 9.59 Å². The monoisotopic (exact) mass is 338 g/mol. The van der Waals surface area contributed by atoms with Crippen molar-refractivity contribution in [3.8, 4) is 0 Å². The van der Waals surface area contributed by atoms with Gasteiger partial charge < -0.3 is 10.2 Å². The van der Waals surface area contributed by atoms with Gasteiger partial charge in [-0.25, -0.2) is 0 Å². The molecule has 2 amide bonds. The third-order valence-electron chi connectivity index (χ3n) is 7.16. The Bertz CT molecular complexity index is 706. The minimum atomic E-state index is -0.503. The highest BCUT2D eigenvalue weighted by molar-refractivity contribution is 6.06.